The normalized spacial score (nSPS) is 5.20. The molecule has 0 bridgehead atoms. The second-order valence-electron chi connectivity index (χ2n) is 0.750. The van der Waals surface area contributed by atoms with Gasteiger partial charge < -0.3 is 0 Å². The second-order valence-corrected chi connectivity index (χ2v) is 4.19. The van der Waals surface area contributed by atoms with Gasteiger partial charge in [-0.05, 0) is 0 Å². The summed E-state index contributed by atoms with van der Waals surface area (Å²) in [5.74, 6) is 0. The fourth-order valence-corrected chi connectivity index (χ4v) is 0. The van der Waals surface area contributed by atoms with Gasteiger partial charge in [0, 0.05) is 0 Å². The maximum Gasteiger partial charge on any atom is 2.00 e. The van der Waals surface area contributed by atoms with Crippen LogP contribution in [-0.4, -0.2) is 102 Å². The third kappa shape index (κ3) is 261. The quantitative estimate of drug-likeness (QED) is 0.213. The smallest absolute Gasteiger partial charge is 2.00 e. The molecular formula is O9Pb3SnTiZr. The Morgan fingerprint density at radius 3 is 1.00 bits per heavy atom. The van der Waals surface area contributed by atoms with Crippen molar-refractivity contribution < 1.29 is 71.1 Å². The van der Waals surface area contributed by atoms with Crippen LogP contribution >= 0.6 is 0 Å². The molecule has 0 aromatic rings. The summed E-state index contributed by atoms with van der Waals surface area (Å²) in [6.45, 7) is 0. The van der Waals surface area contributed by atoms with Gasteiger partial charge in [-0.2, -0.15) is 0 Å². The molecule has 0 aliphatic rings. The average molecular weight is 1020 g/mol. The van der Waals surface area contributed by atoms with E-state index < -0.39 is 61.8 Å². The van der Waals surface area contributed by atoms with Crippen LogP contribution in [-0.2, 0) is 50.5 Å². The number of hydrogen-bond donors (Lipinski definition) is 0. The molecule has 78 valence electrons. The molecule has 0 saturated heterocycles. The van der Waals surface area contributed by atoms with Gasteiger partial charge in [0.15, 0.2) is 0 Å². The zero-order chi connectivity index (χ0) is 10.7. The molecule has 0 fully saturated rings. The van der Waals surface area contributed by atoms with Crippen LogP contribution in [0.15, 0.2) is 0 Å². The van der Waals surface area contributed by atoms with Gasteiger partial charge in [-0.15, -0.1) is 0 Å². The van der Waals surface area contributed by atoms with E-state index in [1.807, 2.05) is 0 Å². The van der Waals surface area contributed by atoms with Crippen molar-refractivity contribution in [1.29, 1.82) is 0 Å². The van der Waals surface area contributed by atoms with Crippen molar-refractivity contribution in [1.82, 2.24) is 0 Å². The third-order valence-electron chi connectivity index (χ3n) is 0. The second kappa shape index (κ2) is 31.0. The predicted molar refractivity (Wildman–Crippen MR) is 25.1 cm³/mol. The summed E-state index contributed by atoms with van der Waals surface area (Å²) in [5, 5.41) is 0. The first-order valence-corrected chi connectivity index (χ1v) is 10.3. The van der Waals surface area contributed by atoms with Gasteiger partial charge in [0.05, 0.1) is 0 Å². The van der Waals surface area contributed by atoms with E-state index in [4.69, 9.17) is 29.8 Å². The summed E-state index contributed by atoms with van der Waals surface area (Å²) in [6.07, 6.45) is 0. The van der Waals surface area contributed by atoms with E-state index >= 15 is 0 Å². The molecule has 0 rings (SSSR count). The molecule has 0 saturated carbocycles. The fourth-order valence-electron chi connectivity index (χ4n) is 0. The van der Waals surface area contributed by atoms with Gasteiger partial charge in [-0.25, -0.2) is 0 Å². The molecule has 0 unspecified atom stereocenters. The molecule has 0 aliphatic heterocycles. The molecule has 15 heavy (non-hydrogen) atoms. The molecule has 6 radical (unpaired) electrons. The van der Waals surface area contributed by atoms with Gasteiger partial charge in [-0.3, -0.25) is 0 Å². The number of hydrogen-bond acceptors (Lipinski definition) is 9. The van der Waals surface area contributed by atoms with E-state index in [1.54, 1.807) is 0 Å². The van der Waals surface area contributed by atoms with Crippen molar-refractivity contribution in [2.75, 3.05) is 0 Å². The summed E-state index contributed by atoms with van der Waals surface area (Å²) < 4.78 is 77.4. The minimum Gasteiger partial charge on any atom is 2.00 e. The molecular weight excluding hydrogens is 1020 g/mol. The molecule has 0 amide bonds. The van der Waals surface area contributed by atoms with Crippen LogP contribution in [0.5, 0.6) is 0 Å². The first-order chi connectivity index (χ1) is 5.20. The monoisotopic (exact) mass is 1030 g/mol. The van der Waals surface area contributed by atoms with Crippen molar-refractivity contribution in [2.24, 2.45) is 0 Å². The van der Waals surface area contributed by atoms with E-state index in [1.165, 1.54) is 0 Å². The molecule has 9 nitrogen and oxygen atoms in total. The van der Waals surface area contributed by atoms with Crippen molar-refractivity contribution in [3.8, 4) is 0 Å². The molecule has 0 spiro atoms. The zero-order valence-electron chi connectivity index (χ0n) is 6.67. The molecule has 0 heterocycles. The first kappa shape index (κ1) is 36.5. The predicted octanol–water partition coefficient (Wildman–Crippen LogP) is -9.02. The number of rotatable bonds is 0. The van der Waals surface area contributed by atoms with E-state index in [9.17, 15) is 0 Å². The largest absolute Gasteiger partial charge is 2.00 e. The van der Waals surface area contributed by atoms with E-state index in [-0.39, 0.29) is 81.9 Å². The molecule has 0 aromatic carbocycles. The summed E-state index contributed by atoms with van der Waals surface area (Å²) in [6, 6.07) is 0. The summed E-state index contributed by atoms with van der Waals surface area (Å²) in [7, 11) is 0. The van der Waals surface area contributed by atoms with Crippen molar-refractivity contribution in [3.05, 3.63) is 0 Å². The summed E-state index contributed by atoms with van der Waals surface area (Å²) in [4.78, 5) is 0. The van der Waals surface area contributed by atoms with Crippen molar-refractivity contribution >= 4 is 102 Å². The third-order valence-corrected chi connectivity index (χ3v) is 0. The minimum absolute atomic E-state index is 0. The van der Waals surface area contributed by atoms with Crippen LogP contribution in [0.2, 0.25) is 0 Å². The molecule has 0 aliphatic carbocycles. The van der Waals surface area contributed by atoms with Crippen molar-refractivity contribution in [3.63, 3.8) is 0 Å². The Morgan fingerprint density at radius 2 is 1.00 bits per heavy atom. The van der Waals surface area contributed by atoms with E-state index in [2.05, 4.69) is 0 Å². The van der Waals surface area contributed by atoms with Crippen LogP contribution in [0, 0.1) is 0 Å². The van der Waals surface area contributed by atoms with Gasteiger partial charge in [0.25, 0.3) is 0 Å². The van der Waals surface area contributed by atoms with Gasteiger partial charge >= 0.3 is 174 Å². The Labute approximate surface area is 169 Å². The van der Waals surface area contributed by atoms with E-state index in [0.717, 1.165) is 0 Å². The van der Waals surface area contributed by atoms with Crippen molar-refractivity contribution in [2.45, 2.75) is 0 Å². The van der Waals surface area contributed by atoms with E-state index in [0.29, 0.717) is 0 Å². The summed E-state index contributed by atoms with van der Waals surface area (Å²) in [5.41, 5.74) is 0. The Kier molecular flexibility index (Phi) is 75.5. The molecule has 15 heteroatoms. The topological polar surface area (TPSA) is 190 Å². The Balaban J connectivity index is -0.0000000184. The SMILES string of the molecule is [O]=[Sn]([O-])[O-].[O]=[Ti]([O-])[O-].[O]=[Zr]([O-])[O-].[Pb+2].[Pb+2].[Pb+2]. The van der Waals surface area contributed by atoms with Crippen LogP contribution in [0.1, 0.15) is 0 Å². The Hall–Kier alpha value is 4.32. The van der Waals surface area contributed by atoms with Crippen LogP contribution in [0.4, 0.5) is 0 Å². The maximum atomic E-state index is 8.61. The Morgan fingerprint density at radius 1 is 1.00 bits per heavy atom. The van der Waals surface area contributed by atoms with Gasteiger partial charge in [0.1, 0.15) is 0 Å². The zero-order valence-corrected chi connectivity index (χ0v) is 25.2. The molecule has 0 N–H and O–H groups in total. The standard InChI is InChI=1S/9O.3Pb.Sn.Ti.Zr/q;;;6*-1;3*+2;;;. The van der Waals surface area contributed by atoms with Gasteiger partial charge in [0.2, 0.25) is 0 Å². The molecule has 0 aromatic heterocycles. The fraction of sp³-hybridized carbons (Fsp3) is 0. The average Bonchev–Trinajstić information content (AvgIpc) is 1.54. The maximum absolute atomic E-state index is 8.61. The Bertz CT molecular complexity index is 123. The van der Waals surface area contributed by atoms with Crippen LogP contribution < -0.4 is 20.6 Å². The molecule has 0 atom stereocenters. The first-order valence-electron chi connectivity index (χ1n) is 1.84. The van der Waals surface area contributed by atoms with Gasteiger partial charge in [-0.1, -0.05) is 0 Å². The van der Waals surface area contributed by atoms with Crippen LogP contribution in [0.3, 0.4) is 0 Å². The van der Waals surface area contributed by atoms with Crippen LogP contribution in [0.25, 0.3) is 0 Å². The summed E-state index contributed by atoms with van der Waals surface area (Å²) >= 11 is -12.7. The minimum atomic E-state index is -4.29.